The van der Waals surface area contributed by atoms with E-state index in [1.165, 1.54) is 4.31 Å². The first-order valence-corrected chi connectivity index (χ1v) is 7.79. The number of aromatic amines is 1. The topological polar surface area (TPSA) is 107 Å². The molecule has 1 fully saturated rings. The fraction of sp³-hybridized carbons (Fsp3) is 0.636. The van der Waals surface area contributed by atoms with Gasteiger partial charge in [0, 0.05) is 25.7 Å². The Balaban J connectivity index is 2.31. The Morgan fingerprint density at radius 2 is 2.25 bits per heavy atom. The third-order valence-electron chi connectivity index (χ3n) is 3.64. The summed E-state index contributed by atoms with van der Waals surface area (Å²) in [6.07, 6.45) is 1.85. The maximum Gasteiger partial charge on any atom is 0.340 e. The molecule has 2 N–H and O–H groups in total. The molecular weight excluding hydrogens is 284 g/mol. The van der Waals surface area contributed by atoms with Crippen LogP contribution in [0.25, 0.3) is 0 Å². The minimum atomic E-state index is -3.85. The molecule has 1 atom stereocenters. The molecule has 1 saturated heterocycles. The zero-order valence-electron chi connectivity index (χ0n) is 11.4. The molecule has 112 valence electrons. The van der Waals surface area contributed by atoms with Gasteiger partial charge in [0.2, 0.25) is 0 Å². The van der Waals surface area contributed by atoms with E-state index >= 15 is 0 Å². The van der Waals surface area contributed by atoms with E-state index in [9.17, 15) is 13.2 Å². The van der Waals surface area contributed by atoms with Crippen molar-refractivity contribution in [3.8, 4) is 0 Å². The van der Waals surface area contributed by atoms with Crippen LogP contribution in [-0.2, 0) is 10.0 Å². The Labute approximate surface area is 117 Å². The molecule has 1 unspecified atom stereocenters. The Hall–Kier alpha value is -1.45. The van der Waals surface area contributed by atoms with Crippen molar-refractivity contribution in [2.75, 3.05) is 26.7 Å². The van der Waals surface area contributed by atoms with Gasteiger partial charge in [-0.1, -0.05) is 6.92 Å². The fourth-order valence-corrected chi connectivity index (χ4v) is 3.86. The largest absolute Gasteiger partial charge is 0.478 e. The number of aromatic nitrogens is 2. The molecule has 0 amide bonds. The summed E-state index contributed by atoms with van der Waals surface area (Å²) in [6, 6.07) is 0.134. The van der Waals surface area contributed by atoms with Crippen LogP contribution in [0, 0.1) is 0 Å². The number of hydrogen-bond acceptors (Lipinski definition) is 5. The van der Waals surface area contributed by atoms with Crippen molar-refractivity contribution in [1.29, 1.82) is 0 Å². The van der Waals surface area contributed by atoms with Crippen molar-refractivity contribution in [3.63, 3.8) is 0 Å². The zero-order valence-corrected chi connectivity index (χ0v) is 12.2. The highest BCUT2D eigenvalue weighted by molar-refractivity contribution is 7.89. The van der Waals surface area contributed by atoms with Crippen molar-refractivity contribution in [3.05, 3.63) is 11.8 Å². The van der Waals surface area contributed by atoms with E-state index in [-0.39, 0.29) is 16.6 Å². The monoisotopic (exact) mass is 302 g/mol. The second kappa shape index (κ2) is 5.51. The summed E-state index contributed by atoms with van der Waals surface area (Å²) < 4.78 is 26.3. The van der Waals surface area contributed by atoms with Gasteiger partial charge in [0.25, 0.3) is 10.0 Å². The number of nitrogens with one attached hydrogen (secondary N) is 1. The Kier molecular flexibility index (Phi) is 4.11. The fourth-order valence-electron chi connectivity index (χ4n) is 2.33. The first kappa shape index (κ1) is 14.9. The number of nitrogens with zero attached hydrogens (tertiary/aromatic N) is 3. The molecule has 0 radical (unpaired) electrons. The van der Waals surface area contributed by atoms with Gasteiger partial charge in [0.1, 0.15) is 5.56 Å². The molecule has 2 heterocycles. The average Bonchev–Trinajstić information content (AvgIpc) is 2.89. The summed E-state index contributed by atoms with van der Waals surface area (Å²) in [7, 11) is -1.90. The predicted octanol–water partition coefficient (Wildman–Crippen LogP) is -0.177. The number of hydrogen-bond donors (Lipinski definition) is 2. The first-order valence-electron chi connectivity index (χ1n) is 6.35. The van der Waals surface area contributed by atoms with Crippen LogP contribution in [-0.4, -0.2) is 71.6 Å². The highest BCUT2D eigenvalue weighted by Gasteiger charge is 2.35. The van der Waals surface area contributed by atoms with Gasteiger partial charge in [-0.25, -0.2) is 13.2 Å². The van der Waals surface area contributed by atoms with Crippen molar-refractivity contribution in [1.82, 2.24) is 19.4 Å². The Bertz CT molecular complexity index is 597. The minimum Gasteiger partial charge on any atom is -0.478 e. The van der Waals surface area contributed by atoms with E-state index < -0.39 is 16.0 Å². The van der Waals surface area contributed by atoms with Crippen LogP contribution in [0.1, 0.15) is 23.7 Å². The number of carbonyl (C=O) groups is 1. The number of H-pyrrole nitrogens is 1. The van der Waals surface area contributed by atoms with Crippen molar-refractivity contribution < 1.29 is 18.3 Å². The van der Waals surface area contributed by atoms with E-state index in [1.54, 1.807) is 0 Å². The van der Waals surface area contributed by atoms with Gasteiger partial charge >= 0.3 is 5.97 Å². The highest BCUT2D eigenvalue weighted by Crippen LogP contribution is 2.21. The Morgan fingerprint density at radius 1 is 1.55 bits per heavy atom. The summed E-state index contributed by atoms with van der Waals surface area (Å²) in [5, 5.41) is 14.5. The van der Waals surface area contributed by atoms with Gasteiger partial charge in [-0.2, -0.15) is 9.40 Å². The minimum absolute atomic E-state index is 0.134. The number of carboxylic acid groups (broad SMARTS) is 1. The van der Waals surface area contributed by atoms with E-state index in [1.807, 2.05) is 14.0 Å². The van der Waals surface area contributed by atoms with Crippen LogP contribution in [0.4, 0.5) is 0 Å². The summed E-state index contributed by atoms with van der Waals surface area (Å²) in [6.45, 7) is 3.31. The maximum absolute atomic E-state index is 12.5. The number of likely N-dealkylation sites (N-methyl/N-ethyl adjacent to an activating group) is 1. The molecule has 9 heteroatoms. The third-order valence-corrected chi connectivity index (χ3v) is 5.48. The molecule has 1 aromatic rings. The lowest BCUT2D eigenvalue weighted by Gasteiger charge is -2.38. The summed E-state index contributed by atoms with van der Waals surface area (Å²) in [5.41, 5.74) is -0.322. The van der Waals surface area contributed by atoms with Gasteiger partial charge < -0.3 is 10.0 Å². The zero-order chi connectivity index (χ0) is 14.9. The molecular formula is C11H18N4O4S. The molecule has 2 rings (SSSR count). The van der Waals surface area contributed by atoms with Gasteiger partial charge in [-0.3, -0.25) is 5.10 Å². The molecule has 1 aliphatic rings. The third kappa shape index (κ3) is 2.56. The van der Waals surface area contributed by atoms with Crippen LogP contribution >= 0.6 is 0 Å². The molecule has 0 aliphatic carbocycles. The standard InChI is InChI=1S/C11H18N4O4S/c1-3-8-7-15(5-4-14(8)2)20(18,19)10-9(11(16)17)6-12-13-10/h6,8H,3-5,7H2,1-2H3,(H,12,13)(H,16,17). The van der Waals surface area contributed by atoms with Crippen molar-refractivity contribution in [2.24, 2.45) is 0 Å². The van der Waals surface area contributed by atoms with Crippen molar-refractivity contribution >= 4 is 16.0 Å². The second-order valence-corrected chi connectivity index (χ2v) is 6.70. The second-order valence-electron chi connectivity index (χ2n) is 4.82. The van der Waals surface area contributed by atoms with Crippen LogP contribution in [0.3, 0.4) is 0 Å². The molecule has 0 bridgehead atoms. The maximum atomic E-state index is 12.5. The number of carboxylic acids is 1. The van der Waals surface area contributed by atoms with E-state index in [2.05, 4.69) is 15.1 Å². The van der Waals surface area contributed by atoms with E-state index in [4.69, 9.17) is 5.11 Å². The van der Waals surface area contributed by atoms with Gasteiger partial charge in [-0.15, -0.1) is 0 Å². The molecule has 8 nitrogen and oxygen atoms in total. The lowest BCUT2D eigenvalue weighted by Crippen LogP contribution is -2.53. The van der Waals surface area contributed by atoms with Gasteiger partial charge in [0.15, 0.2) is 5.03 Å². The Morgan fingerprint density at radius 3 is 2.85 bits per heavy atom. The number of aromatic carboxylic acids is 1. The summed E-state index contributed by atoms with van der Waals surface area (Å²) >= 11 is 0. The smallest absolute Gasteiger partial charge is 0.340 e. The number of rotatable bonds is 4. The SMILES string of the molecule is CCC1CN(S(=O)(=O)c2[nH]ncc2C(=O)O)CCN1C. The summed E-state index contributed by atoms with van der Waals surface area (Å²) in [4.78, 5) is 13.1. The van der Waals surface area contributed by atoms with Crippen molar-refractivity contribution in [2.45, 2.75) is 24.4 Å². The molecule has 1 aromatic heterocycles. The lowest BCUT2D eigenvalue weighted by molar-refractivity contribution is 0.0692. The molecule has 20 heavy (non-hydrogen) atoms. The van der Waals surface area contributed by atoms with Gasteiger partial charge in [-0.05, 0) is 13.5 Å². The molecule has 0 spiro atoms. The number of piperazine rings is 1. The van der Waals surface area contributed by atoms with E-state index in [0.717, 1.165) is 12.6 Å². The molecule has 0 aromatic carbocycles. The van der Waals surface area contributed by atoms with Crippen LogP contribution in [0.5, 0.6) is 0 Å². The molecule has 0 saturated carbocycles. The highest BCUT2D eigenvalue weighted by atomic mass is 32.2. The number of sulfonamides is 1. The molecule has 1 aliphatic heterocycles. The van der Waals surface area contributed by atoms with E-state index in [0.29, 0.717) is 19.6 Å². The normalized spacial score (nSPS) is 22.0. The van der Waals surface area contributed by atoms with Crippen LogP contribution < -0.4 is 0 Å². The van der Waals surface area contributed by atoms with Crippen LogP contribution in [0.2, 0.25) is 0 Å². The average molecular weight is 302 g/mol. The first-order chi connectivity index (χ1) is 9.37. The predicted molar refractivity (Wildman–Crippen MR) is 71.0 cm³/mol. The lowest BCUT2D eigenvalue weighted by atomic mass is 10.1. The summed E-state index contributed by atoms with van der Waals surface area (Å²) in [5.74, 6) is -1.31. The van der Waals surface area contributed by atoms with Gasteiger partial charge in [0.05, 0.1) is 6.20 Å². The quantitative estimate of drug-likeness (QED) is 0.799. The van der Waals surface area contributed by atoms with Crippen LogP contribution in [0.15, 0.2) is 11.2 Å².